The van der Waals surface area contributed by atoms with Gasteiger partial charge < -0.3 is 60.0 Å². The Hall–Kier alpha value is -7.08. The highest BCUT2D eigenvalue weighted by Gasteiger charge is 2.45. The smallest absolute Gasteiger partial charge is 0.246 e. The number of nitrogens with one attached hydrogen (secondary N) is 3. The number of β-amino-alcohol motifs (C(OH)–C–C–N with tert-alkyl or cyclic N) is 1. The highest BCUT2D eigenvalue weighted by Crippen LogP contribution is 2.42. The van der Waals surface area contributed by atoms with Crippen molar-refractivity contribution >= 4 is 85.9 Å². The molecule has 0 unspecified atom stereocenters. The van der Waals surface area contributed by atoms with Gasteiger partial charge in [-0.2, -0.15) is 4.98 Å². The van der Waals surface area contributed by atoms with Crippen LogP contribution in [0.1, 0.15) is 71.2 Å². The molecular weight excluding hydrogens is 1110 g/mol. The number of aryl methyl sites for hydroxylation is 1. The SMILES string of the molecule is CCC(=O)N1CCN(c2nc(NCCC(=O)N(C)CCOCCOCCOCC(=O)N[C@H](C(=O)N3C[C@H](O)C[C@H]3C(=O)N[C@@H](C)c3ccc(-c4scnc4C)cc3)C(C)(C)C)nc3c(F)c(-c4cc(O)cc5ccccc45)c(Cl)cc23)CC1. The Kier molecular flexibility index (Phi) is 20.9. The Bertz CT molecular complexity index is 3280. The molecule has 0 radical (unpaired) electrons. The van der Waals surface area contributed by atoms with E-state index in [-0.39, 0.29) is 111 Å². The van der Waals surface area contributed by atoms with Crippen LogP contribution in [0.3, 0.4) is 0 Å². The minimum absolute atomic E-state index is 0.00250. The summed E-state index contributed by atoms with van der Waals surface area (Å²) >= 11 is 8.45. The molecule has 6 aromatic rings. The van der Waals surface area contributed by atoms with Gasteiger partial charge in [0, 0.05) is 83.1 Å². The number of hydrogen-bond acceptors (Lipinski definition) is 16. The van der Waals surface area contributed by atoms with E-state index < -0.39 is 47.1 Å². The molecule has 0 spiro atoms. The molecule has 444 valence electrons. The molecule has 2 fully saturated rings. The van der Waals surface area contributed by atoms with Gasteiger partial charge in [0.15, 0.2) is 5.82 Å². The van der Waals surface area contributed by atoms with Crippen molar-refractivity contribution in [3.63, 3.8) is 0 Å². The molecule has 8 rings (SSSR count). The molecule has 2 aromatic heterocycles. The number of aromatic hydroxyl groups is 1. The van der Waals surface area contributed by atoms with Crippen LogP contribution in [-0.2, 0) is 38.2 Å². The number of halogens is 2. The zero-order chi connectivity index (χ0) is 59.5. The van der Waals surface area contributed by atoms with E-state index in [0.717, 1.165) is 21.7 Å². The molecular formula is C60H74ClFN10O10S. The van der Waals surface area contributed by atoms with Crippen LogP contribution in [0.2, 0.25) is 5.02 Å². The fourth-order valence-electron chi connectivity index (χ4n) is 10.3. The first kappa shape index (κ1) is 62.0. The number of phenolic OH excluding ortho intramolecular Hbond substituents is 1. The first-order valence-corrected chi connectivity index (χ1v) is 29.2. The quantitative estimate of drug-likeness (QED) is 0.0379. The number of carbonyl (C=O) groups is 5. The van der Waals surface area contributed by atoms with Crippen molar-refractivity contribution in [3.8, 4) is 27.3 Å². The van der Waals surface area contributed by atoms with Crippen LogP contribution in [-0.4, -0.2) is 180 Å². The number of phenols is 1. The van der Waals surface area contributed by atoms with Crippen LogP contribution < -0.4 is 20.9 Å². The van der Waals surface area contributed by atoms with E-state index in [1.807, 2.05) is 95.0 Å². The van der Waals surface area contributed by atoms with Crippen molar-refractivity contribution < 1.29 is 52.8 Å². The highest BCUT2D eigenvalue weighted by molar-refractivity contribution is 7.13. The van der Waals surface area contributed by atoms with Crippen LogP contribution >= 0.6 is 22.9 Å². The Morgan fingerprint density at radius 2 is 1.61 bits per heavy atom. The number of likely N-dealkylation sites (N-methyl/N-ethyl adjacent to an activating group) is 1. The summed E-state index contributed by atoms with van der Waals surface area (Å²) in [5, 5.41) is 32.1. The third kappa shape index (κ3) is 15.4. The van der Waals surface area contributed by atoms with E-state index in [4.69, 9.17) is 30.8 Å². The van der Waals surface area contributed by atoms with Gasteiger partial charge in [-0.15, -0.1) is 11.3 Å². The number of hydrogen-bond donors (Lipinski definition) is 5. The summed E-state index contributed by atoms with van der Waals surface area (Å²) in [6, 6.07) is 17.6. The van der Waals surface area contributed by atoms with Crippen LogP contribution in [0, 0.1) is 18.2 Å². The first-order chi connectivity index (χ1) is 39.7. The zero-order valence-corrected chi connectivity index (χ0v) is 49.6. The van der Waals surface area contributed by atoms with Gasteiger partial charge in [0.25, 0.3) is 0 Å². The molecule has 5 amide bonds. The molecule has 83 heavy (non-hydrogen) atoms. The van der Waals surface area contributed by atoms with Crippen LogP contribution in [0.4, 0.5) is 16.2 Å². The summed E-state index contributed by atoms with van der Waals surface area (Å²) in [6.45, 7) is 13.9. The molecule has 0 saturated carbocycles. The van der Waals surface area contributed by atoms with Crippen molar-refractivity contribution in [2.24, 2.45) is 5.41 Å². The minimum atomic E-state index is -1.01. The number of benzene rings is 4. The van der Waals surface area contributed by atoms with Gasteiger partial charge in [0.2, 0.25) is 35.5 Å². The maximum Gasteiger partial charge on any atom is 0.246 e. The average molecular weight is 1180 g/mol. The number of piperazine rings is 1. The molecule has 0 aliphatic carbocycles. The number of ether oxygens (including phenoxy) is 3. The number of amides is 5. The molecule has 2 saturated heterocycles. The fraction of sp³-hybridized carbons (Fsp3) is 0.467. The highest BCUT2D eigenvalue weighted by atomic mass is 35.5. The van der Waals surface area contributed by atoms with Crippen molar-refractivity contribution in [2.45, 2.75) is 85.0 Å². The largest absolute Gasteiger partial charge is 0.508 e. The lowest BCUT2D eigenvalue weighted by Gasteiger charge is -2.36. The second kappa shape index (κ2) is 28.0. The Balaban J connectivity index is 0.754. The van der Waals surface area contributed by atoms with Gasteiger partial charge in [-0.3, -0.25) is 24.0 Å². The predicted molar refractivity (Wildman–Crippen MR) is 318 cm³/mol. The van der Waals surface area contributed by atoms with Gasteiger partial charge in [0.05, 0.1) is 66.3 Å². The third-order valence-corrected chi connectivity index (χ3v) is 16.1. The maximum absolute atomic E-state index is 17.0. The second-order valence-electron chi connectivity index (χ2n) is 21.9. The number of anilines is 2. The van der Waals surface area contributed by atoms with E-state index in [0.29, 0.717) is 66.7 Å². The predicted octanol–water partition coefficient (Wildman–Crippen LogP) is 7.12. The Morgan fingerprint density at radius 3 is 2.30 bits per heavy atom. The molecule has 20 nitrogen and oxygen atoms in total. The number of rotatable bonds is 24. The average Bonchev–Trinajstić information content (AvgIpc) is 2.97. The number of fused-ring (bicyclic) bond motifs is 2. The summed E-state index contributed by atoms with van der Waals surface area (Å²) in [5.41, 5.74) is 4.39. The van der Waals surface area contributed by atoms with E-state index in [1.54, 1.807) is 40.9 Å². The summed E-state index contributed by atoms with van der Waals surface area (Å²) in [4.78, 5) is 88.1. The van der Waals surface area contributed by atoms with Crippen LogP contribution in [0.25, 0.3) is 43.2 Å². The fourth-order valence-corrected chi connectivity index (χ4v) is 11.4. The monoisotopic (exact) mass is 1180 g/mol. The summed E-state index contributed by atoms with van der Waals surface area (Å²) in [6.07, 6.45) is -0.396. The van der Waals surface area contributed by atoms with E-state index in [2.05, 4.69) is 25.9 Å². The van der Waals surface area contributed by atoms with Gasteiger partial charge >= 0.3 is 0 Å². The van der Waals surface area contributed by atoms with Gasteiger partial charge in [0.1, 0.15) is 35.8 Å². The summed E-state index contributed by atoms with van der Waals surface area (Å²) < 4.78 is 33.9. The molecule has 23 heteroatoms. The van der Waals surface area contributed by atoms with Gasteiger partial charge in [-0.1, -0.05) is 87.8 Å². The molecule has 0 bridgehead atoms. The third-order valence-electron chi connectivity index (χ3n) is 14.9. The number of likely N-dealkylation sites (tertiary alicyclic amines) is 1. The van der Waals surface area contributed by atoms with Crippen LogP contribution in [0.5, 0.6) is 5.75 Å². The summed E-state index contributed by atoms with van der Waals surface area (Å²) in [7, 11) is 1.66. The van der Waals surface area contributed by atoms with E-state index in [1.165, 1.54) is 15.9 Å². The van der Waals surface area contributed by atoms with Gasteiger partial charge in [-0.05, 0) is 64.9 Å². The van der Waals surface area contributed by atoms with Crippen molar-refractivity contribution in [2.75, 3.05) is 103 Å². The standard InChI is InChI=1S/C60H74ClFN10O10S/c1-8-49(76)70-19-21-71(22-20-70)56-45-32-46(61)51(44-30-41(73)29-40-11-9-10-12-43(40)44)52(62)53(45)67-59(68-56)63-18-17-50(77)69(7)23-24-80-25-26-81-27-28-82-34-48(75)66-55(60(4,5)6)58(79)72-33-42(74)31-47(72)57(78)65-36(2)38-13-15-39(16-14-38)54-37(3)64-35-83-54/h9-16,29-30,32,35-36,42,47,55,73-74H,8,17-28,31,33-34H2,1-7H3,(H,65,78)(H,66,75)(H,63,67,68)/t36-,42+,47-,55+/m0/s1. The normalized spacial score (nSPS) is 16.3. The number of carbonyl (C=O) groups excluding carboxylic acids is 5. The van der Waals surface area contributed by atoms with E-state index in [9.17, 15) is 34.2 Å². The Labute approximate surface area is 491 Å². The second-order valence-corrected chi connectivity index (χ2v) is 23.2. The maximum atomic E-state index is 17.0. The lowest BCUT2D eigenvalue weighted by molar-refractivity contribution is -0.144. The van der Waals surface area contributed by atoms with Crippen molar-refractivity contribution in [1.82, 2.24) is 40.3 Å². The van der Waals surface area contributed by atoms with E-state index >= 15 is 4.39 Å². The molecule has 4 aromatic carbocycles. The lowest BCUT2D eigenvalue weighted by Crippen LogP contribution is -2.58. The number of aliphatic hydroxyl groups is 1. The topological polar surface area (TPSA) is 241 Å². The zero-order valence-electron chi connectivity index (χ0n) is 48.0. The van der Waals surface area contributed by atoms with Crippen LogP contribution in [0.15, 0.2) is 72.2 Å². The number of thiazole rings is 1. The summed E-state index contributed by atoms with van der Waals surface area (Å²) in [5.74, 6) is -1.75. The lowest BCUT2D eigenvalue weighted by atomic mass is 9.85. The molecule has 2 aliphatic rings. The van der Waals surface area contributed by atoms with Crippen molar-refractivity contribution in [3.05, 3.63) is 94.3 Å². The van der Waals surface area contributed by atoms with Gasteiger partial charge in [-0.25, -0.2) is 14.4 Å². The number of aliphatic hydroxyl groups excluding tert-OH is 1. The first-order valence-electron chi connectivity index (χ1n) is 28.0. The number of nitrogens with zero attached hydrogens (tertiary/aromatic N) is 7. The van der Waals surface area contributed by atoms with Crippen molar-refractivity contribution in [1.29, 1.82) is 0 Å². The molecule has 4 atom stereocenters. The minimum Gasteiger partial charge on any atom is -0.508 e. The molecule has 2 aliphatic heterocycles. The Morgan fingerprint density at radius 1 is 0.916 bits per heavy atom. The molecule has 4 heterocycles. The number of aromatic nitrogens is 3. The molecule has 5 N–H and O–H groups in total.